The van der Waals surface area contributed by atoms with Crippen LogP contribution in [0.3, 0.4) is 0 Å². The van der Waals surface area contributed by atoms with E-state index in [1.54, 1.807) is 17.4 Å². The lowest BCUT2D eigenvalue weighted by Gasteiger charge is -2.30. The number of rotatable bonds is 5. The monoisotopic (exact) mass is 335 g/mol. The molecule has 0 aromatic carbocycles. The highest BCUT2D eigenvalue weighted by Crippen LogP contribution is 2.24. The minimum Gasteiger partial charge on any atom is -0.339 e. The Balaban J connectivity index is 1.77. The number of piperidine rings is 1. The van der Waals surface area contributed by atoms with Gasteiger partial charge in [0.25, 0.3) is 0 Å². The molecule has 2 rings (SSSR count). The van der Waals surface area contributed by atoms with Crippen LogP contribution in [0.4, 0.5) is 5.00 Å². The fraction of sp³-hybridized carbons (Fsp3) is 0.529. The summed E-state index contributed by atoms with van der Waals surface area (Å²) in [6, 6.07) is 3.94. The highest BCUT2D eigenvalue weighted by atomic mass is 32.1. The van der Waals surface area contributed by atoms with Gasteiger partial charge in [-0.05, 0) is 46.0 Å². The van der Waals surface area contributed by atoms with Crippen LogP contribution in [0, 0.1) is 12.8 Å². The number of amides is 2. The number of nitrogens with zero attached hydrogens (tertiary/aromatic N) is 2. The fourth-order valence-electron chi connectivity index (χ4n) is 2.56. The number of carbonyl (C=O) groups excluding carboxylic acids is 2. The summed E-state index contributed by atoms with van der Waals surface area (Å²) in [5, 5.41) is 3.88. The van der Waals surface area contributed by atoms with Gasteiger partial charge in [0.1, 0.15) is 0 Å². The first-order valence-electron chi connectivity index (χ1n) is 7.93. The van der Waals surface area contributed by atoms with Gasteiger partial charge in [-0.3, -0.25) is 9.59 Å². The Labute approximate surface area is 142 Å². The van der Waals surface area contributed by atoms with E-state index in [-0.39, 0.29) is 17.7 Å². The number of carbonyl (C=O) groups is 2. The molecular weight excluding hydrogens is 310 g/mol. The van der Waals surface area contributed by atoms with E-state index < -0.39 is 0 Å². The molecule has 2 heterocycles. The van der Waals surface area contributed by atoms with Gasteiger partial charge in [-0.1, -0.05) is 6.08 Å². The largest absolute Gasteiger partial charge is 0.339 e. The number of hydrogen-bond donors (Lipinski definition) is 1. The van der Waals surface area contributed by atoms with Crippen LogP contribution in [0.2, 0.25) is 0 Å². The second kappa shape index (κ2) is 8.26. The van der Waals surface area contributed by atoms with Crippen molar-refractivity contribution in [1.29, 1.82) is 0 Å². The van der Waals surface area contributed by atoms with Gasteiger partial charge < -0.3 is 15.1 Å². The summed E-state index contributed by atoms with van der Waals surface area (Å²) in [7, 11) is 3.93. The van der Waals surface area contributed by atoms with Gasteiger partial charge in [0.15, 0.2) is 0 Å². The maximum Gasteiger partial charge on any atom is 0.246 e. The van der Waals surface area contributed by atoms with Crippen LogP contribution >= 0.6 is 11.3 Å². The first kappa shape index (κ1) is 17.7. The van der Waals surface area contributed by atoms with Crippen LogP contribution in [0.5, 0.6) is 0 Å². The summed E-state index contributed by atoms with van der Waals surface area (Å²) in [5.41, 5.74) is 0. The van der Waals surface area contributed by atoms with E-state index in [9.17, 15) is 9.59 Å². The van der Waals surface area contributed by atoms with E-state index in [0.29, 0.717) is 13.1 Å². The van der Waals surface area contributed by atoms with Crippen LogP contribution < -0.4 is 5.32 Å². The highest BCUT2D eigenvalue weighted by molar-refractivity contribution is 7.16. The predicted octanol–water partition coefficient (Wildman–Crippen LogP) is 2.35. The van der Waals surface area contributed by atoms with E-state index in [1.165, 1.54) is 4.88 Å². The molecule has 1 fully saturated rings. The zero-order valence-corrected chi connectivity index (χ0v) is 14.9. The van der Waals surface area contributed by atoms with Crippen molar-refractivity contribution in [2.75, 3.05) is 39.0 Å². The number of hydrogen-bond acceptors (Lipinski definition) is 4. The van der Waals surface area contributed by atoms with Gasteiger partial charge in [0, 0.05) is 36.5 Å². The lowest BCUT2D eigenvalue weighted by molar-refractivity contribution is -0.130. The van der Waals surface area contributed by atoms with Crippen LogP contribution in [0.25, 0.3) is 0 Å². The van der Waals surface area contributed by atoms with E-state index in [1.807, 2.05) is 49.0 Å². The van der Waals surface area contributed by atoms with E-state index in [0.717, 1.165) is 24.4 Å². The molecule has 0 radical (unpaired) electrons. The van der Waals surface area contributed by atoms with Crippen LogP contribution in [0.15, 0.2) is 24.3 Å². The van der Waals surface area contributed by atoms with Crippen LogP contribution in [0.1, 0.15) is 17.7 Å². The molecule has 1 aliphatic rings. The van der Waals surface area contributed by atoms with Crippen molar-refractivity contribution in [3.63, 3.8) is 0 Å². The topological polar surface area (TPSA) is 52.7 Å². The lowest BCUT2D eigenvalue weighted by atomic mass is 9.96. The summed E-state index contributed by atoms with van der Waals surface area (Å²) < 4.78 is 0. The minimum atomic E-state index is -0.00721. The van der Waals surface area contributed by atoms with Gasteiger partial charge in [-0.15, -0.1) is 11.3 Å². The molecule has 23 heavy (non-hydrogen) atoms. The van der Waals surface area contributed by atoms with E-state index in [2.05, 4.69) is 5.32 Å². The number of likely N-dealkylation sites (tertiary alicyclic amines) is 1. The average molecular weight is 335 g/mol. The van der Waals surface area contributed by atoms with Crippen molar-refractivity contribution in [3.05, 3.63) is 29.2 Å². The average Bonchev–Trinajstić information content (AvgIpc) is 2.92. The Hall–Kier alpha value is -1.66. The SMILES string of the molecule is Cc1ccc(NC(=O)C2CCN(C(=O)/C=C/CN(C)C)CC2)s1. The minimum absolute atomic E-state index is 0.00721. The second-order valence-corrected chi connectivity index (χ2v) is 7.45. The van der Waals surface area contributed by atoms with Crippen molar-refractivity contribution in [1.82, 2.24) is 9.80 Å². The van der Waals surface area contributed by atoms with Crippen molar-refractivity contribution in [2.45, 2.75) is 19.8 Å². The number of aryl methyl sites for hydroxylation is 1. The van der Waals surface area contributed by atoms with Crippen molar-refractivity contribution >= 4 is 28.2 Å². The third-order valence-corrected chi connectivity index (χ3v) is 4.81. The normalized spacial score (nSPS) is 16.3. The molecule has 1 saturated heterocycles. The number of thiophene rings is 1. The molecule has 1 aliphatic heterocycles. The highest BCUT2D eigenvalue weighted by Gasteiger charge is 2.26. The molecule has 1 aromatic rings. The molecule has 2 amide bonds. The standard InChI is InChI=1S/C17H25N3O2S/c1-13-6-7-15(23-13)18-17(22)14-8-11-20(12-9-14)16(21)5-4-10-19(2)3/h4-7,14H,8-12H2,1-3H3,(H,18,22)/b5-4+. The number of anilines is 1. The zero-order chi connectivity index (χ0) is 16.8. The summed E-state index contributed by atoms with van der Waals surface area (Å²) >= 11 is 1.59. The van der Waals surface area contributed by atoms with E-state index >= 15 is 0 Å². The number of nitrogens with one attached hydrogen (secondary N) is 1. The van der Waals surface area contributed by atoms with Crippen LogP contribution in [-0.4, -0.2) is 55.3 Å². The maximum absolute atomic E-state index is 12.3. The molecule has 5 nitrogen and oxygen atoms in total. The third kappa shape index (κ3) is 5.48. The molecule has 6 heteroatoms. The van der Waals surface area contributed by atoms with Crippen molar-refractivity contribution in [3.8, 4) is 0 Å². The third-order valence-electron chi connectivity index (χ3n) is 3.90. The Bertz CT molecular complexity index is 572. The van der Waals surface area contributed by atoms with E-state index in [4.69, 9.17) is 0 Å². The summed E-state index contributed by atoms with van der Waals surface area (Å²) in [6.45, 7) is 4.07. The predicted molar refractivity (Wildman–Crippen MR) is 94.7 cm³/mol. The van der Waals surface area contributed by atoms with Gasteiger partial charge in [0.05, 0.1) is 5.00 Å². The quantitative estimate of drug-likeness (QED) is 0.841. The van der Waals surface area contributed by atoms with Gasteiger partial charge in [-0.25, -0.2) is 0 Å². The Morgan fingerprint density at radius 1 is 1.35 bits per heavy atom. The molecule has 0 spiro atoms. The summed E-state index contributed by atoms with van der Waals surface area (Å²) in [6.07, 6.45) is 4.96. The molecule has 0 atom stereocenters. The van der Waals surface area contributed by atoms with Crippen molar-refractivity contribution in [2.24, 2.45) is 5.92 Å². The lowest BCUT2D eigenvalue weighted by Crippen LogP contribution is -2.40. The van der Waals surface area contributed by atoms with Crippen molar-refractivity contribution < 1.29 is 9.59 Å². The Morgan fingerprint density at radius 3 is 2.61 bits per heavy atom. The molecule has 0 bridgehead atoms. The molecule has 126 valence electrons. The first-order chi connectivity index (χ1) is 11.0. The number of likely N-dealkylation sites (N-methyl/N-ethyl adjacent to an activating group) is 1. The molecule has 0 unspecified atom stereocenters. The molecule has 0 aliphatic carbocycles. The van der Waals surface area contributed by atoms with Crippen LogP contribution in [-0.2, 0) is 9.59 Å². The Morgan fingerprint density at radius 2 is 2.04 bits per heavy atom. The Kier molecular flexibility index (Phi) is 6.36. The summed E-state index contributed by atoms with van der Waals surface area (Å²) in [5.74, 6) is 0.105. The molecule has 1 N–H and O–H groups in total. The van der Waals surface area contributed by atoms with Gasteiger partial charge >= 0.3 is 0 Å². The smallest absolute Gasteiger partial charge is 0.246 e. The fourth-order valence-corrected chi connectivity index (χ4v) is 3.33. The first-order valence-corrected chi connectivity index (χ1v) is 8.75. The molecular formula is C17H25N3O2S. The zero-order valence-electron chi connectivity index (χ0n) is 14.0. The molecule has 1 aromatic heterocycles. The molecule has 0 saturated carbocycles. The van der Waals surface area contributed by atoms with Gasteiger partial charge in [-0.2, -0.15) is 0 Å². The second-order valence-electron chi connectivity index (χ2n) is 6.16. The maximum atomic E-state index is 12.3. The summed E-state index contributed by atoms with van der Waals surface area (Å²) in [4.78, 5) is 29.4. The van der Waals surface area contributed by atoms with Gasteiger partial charge in [0.2, 0.25) is 11.8 Å².